The van der Waals surface area contributed by atoms with E-state index in [1.165, 1.54) is 13.2 Å². The lowest BCUT2D eigenvalue weighted by Crippen LogP contribution is -2.12. The van der Waals surface area contributed by atoms with Crippen molar-refractivity contribution in [3.05, 3.63) is 35.4 Å². The van der Waals surface area contributed by atoms with E-state index in [-0.39, 0.29) is 12.1 Å². The van der Waals surface area contributed by atoms with Crippen molar-refractivity contribution in [2.45, 2.75) is 13.0 Å². The van der Waals surface area contributed by atoms with Crippen LogP contribution < -0.4 is 5.48 Å². The summed E-state index contributed by atoms with van der Waals surface area (Å²) in [6.07, 6.45) is -2.44. The highest BCUT2D eigenvalue weighted by atomic mass is 19.3. The summed E-state index contributed by atoms with van der Waals surface area (Å²) >= 11 is 0. The number of benzene rings is 1. The maximum Gasteiger partial charge on any atom is 0.264 e. The molecule has 0 unspecified atom stereocenters. The number of halogens is 2. The molecule has 0 heterocycles. The Labute approximate surface area is 75.5 Å². The number of hydrogen-bond donors (Lipinski definition) is 1. The minimum Gasteiger partial charge on any atom is -0.305 e. The normalized spacial score (nSPS) is 10.8. The van der Waals surface area contributed by atoms with Crippen LogP contribution in [0.1, 0.15) is 17.6 Å². The number of rotatable bonds is 4. The second-order valence-corrected chi connectivity index (χ2v) is 2.52. The molecule has 0 bridgehead atoms. The molecule has 1 N–H and O–H groups in total. The topological polar surface area (TPSA) is 21.3 Å². The van der Waals surface area contributed by atoms with Crippen LogP contribution in [0.2, 0.25) is 0 Å². The van der Waals surface area contributed by atoms with Crippen molar-refractivity contribution in [1.29, 1.82) is 0 Å². The Morgan fingerprint density at radius 1 is 1.38 bits per heavy atom. The molecule has 0 spiro atoms. The van der Waals surface area contributed by atoms with E-state index in [9.17, 15) is 8.78 Å². The SMILES string of the molecule is CONCc1ccccc1C(F)F. The summed E-state index contributed by atoms with van der Waals surface area (Å²) < 4.78 is 24.8. The third-order valence-electron chi connectivity index (χ3n) is 1.70. The van der Waals surface area contributed by atoms with Gasteiger partial charge >= 0.3 is 0 Å². The van der Waals surface area contributed by atoms with Gasteiger partial charge < -0.3 is 4.84 Å². The molecular weight excluding hydrogens is 176 g/mol. The zero-order chi connectivity index (χ0) is 9.68. The van der Waals surface area contributed by atoms with Crippen molar-refractivity contribution in [1.82, 2.24) is 5.48 Å². The van der Waals surface area contributed by atoms with Gasteiger partial charge in [0.05, 0.1) is 7.11 Å². The molecule has 1 rings (SSSR count). The zero-order valence-electron chi connectivity index (χ0n) is 7.26. The summed E-state index contributed by atoms with van der Waals surface area (Å²) in [4.78, 5) is 4.59. The van der Waals surface area contributed by atoms with Crippen LogP contribution in [0.3, 0.4) is 0 Å². The number of nitrogens with one attached hydrogen (secondary N) is 1. The van der Waals surface area contributed by atoms with Gasteiger partial charge in [0.15, 0.2) is 0 Å². The molecule has 4 heteroatoms. The van der Waals surface area contributed by atoms with Crippen LogP contribution in [0, 0.1) is 0 Å². The van der Waals surface area contributed by atoms with Gasteiger partial charge in [0, 0.05) is 12.1 Å². The fraction of sp³-hybridized carbons (Fsp3) is 0.333. The van der Waals surface area contributed by atoms with Crippen LogP contribution in [-0.2, 0) is 11.4 Å². The van der Waals surface area contributed by atoms with Gasteiger partial charge in [-0.15, -0.1) is 0 Å². The van der Waals surface area contributed by atoms with Gasteiger partial charge in [0.2, 0.25) is 0 Å². The molecule has 0 aromatic heterocycles. The number of hydroxylamine groups is 1. The second-order valence-electron chi connectivity index (χ2n) is 2.52. The van der Waals surface area contributed by atoms with Crippen molar-refractivity contribution < 1.29 is 13.6 Å². The first-order valence-electron chi connectivity index (χ1n) is 3.87. The molecule has 0 fully saturated rings. The molecule has 0 aliphatic rings. The lowest BCUT2D eigenvalue weighted by atomic mass is 10.1. The standard InChI is InChI=1S/C9H11F2NO/c1-13-12-6-7-4-2-3-5-8(7)9(10)11/h2-5,9,12H,6H2,1H3. The summed E-state index contributed by atoms with van der Waals surface area (Å²) in [6.45, 7) is 0.289. The average molecular weight is 187 g/mol. The van der Waals surface area contributed by atoms with E-state index in [1.54, 1.807) is 18.2 Å². The molecule has 0 aliphatic carbocycles. The van der Waals surface area contributed by atoms with Crippen molar-refractivity contribution in [3.8, 4) is 0 Å². The molecule has 72 valence electrons. The number of hydrogen-bond acceptors (Lipinski definition) is 2. The predicted molar refractivity (Wildman–Crippen MR) is 45.2 cm³/mol. The highest BCUT2D eigenvalue weighted by molar-refractivity contribution is 5.27. The summed E-state index contributed by atoms with van der Waals surface area (Å²) in [5.41, 5.74) is 3.13. The van der Waals surface area contributed by atoms with Crippen molar-refractivity contribution in [2.75, 3.05) is 7.11 Å². The van der Waals surface area contributed by atoms with Crippen LogP contribution in [0.4, 0.5) is 8.78 Å². The Morgan fingerprint density at radius 3 is 2.69 bits per heavy atom. The quantitative estimate of drug-likeness (QED) is 0.730. The minimum absolute atomic E-state index is 0.0482. The molecule has 1 aromatic rings. The Morgan fingerprint density at radius 2 is 2.08 bits per heavy atom. The monoisotopic (exact) mass is 187 g/mol. The van der Waals surface area contributed by atoms with Gasteiger partial charge in [-0.3, -0.25) is 0 Å². The van der Waals surface area contributed by atoms with Gasteiger partial charge in [-0.1, -0.05) is 24.3 Å². The Bertz CT molecular complexity index is 266. The van der Waals surface area contributed by atoms with Crippen LogP contribution in [-0.4, -0.2) is 7.11 Å². The fourth-order valence-electron chi connectivity index (χ4n) is 1.06. The van der Waals surface area contributed by atoms with Gasteiger partial charge in [0.1, 0.15) is 0 Å². The molecule has 0 aliphatic heterocycles. The second kappa shape index (κ2) is 4.89. The molecule has 2 nitrogen and oxygen atoms in total. The van der Waals surface area contributed by atoms with Crippen LogP contribution in [0.5, 0.6) is 0 Å². The van der Waals surface area contributed by atoms with Crippen molar-refractivity contribution >= 4 is 0 Å². The Kier molecular flexibility index (Phi) is 3.79. The van der Waals surface area contributed by atoms with E-state index in [2.05, 4.69) is 10.3 Å². The zero-order valence-corrected chi connectivity index (χ0v) is 7.26. The van der Waals surface area contributed by atoms with Gasteiger partial charge in [-0.2, -0.15) is 5.48 Å². The maximum atomic E-state index is 12.4. The molecule has 0 saturated heterocycles. The lowest BCUT2D eigenvalue weighted by Gasteiger charge is -2.07. The first kappa shape index (κ1) is 10.1. The average Bonchev–Trinajstić information content (AvgIpc) is 2.15. The number of alkyl halides is 2. The van der Waals surface area contributed by atoms with E-state index in [4.69, 9.17) is 0 Å². The molecule has 0 amide bonds. The van der Waals surface area contributed by atoms with E-state index >= 15 is 0 Å². The van der Waals surface area contributed by atoms with E-state index < -0.39 is 6.43 Å². The van der Waals surface area contributed by atoms with E-state index in [0.717, 1.165) is 0 Å². The largest absolute Gasteiger partial charge is 0.305 e. The summed E-state index contributed by atoms with van der Waals surface area (Å²) in [7, 11) is 1.45. The summed E-state index contributed by atoms with van der Waals surface area (Å²) in [6, 6.07) is 6.38. The van der Waals surface area contributed by atoms with Crippen LogP contribution in [0.15, 0.2) is 24.3 Å². The van der Waals surface area contributed by atoms with Gasteiger partial charge in [-0.05, 0) is 5.56 Å². The molecular formula is C9H11F2NO. The first-order chi connectivity index (χ1) is 6.25. The summed E-state index contributed by atoms with van der Waals surface area (Å²) in [5.74, 6) is 0. The van der Waals surface area contributed by atoms with E-state index in [1.807, 2.05) is 0 Å². The molecule has 0 radical (unpaired) electrons. The first-order valence-corrected chi connectivity index (χ1v) is 3.87. The molecule has 13 heavy (non-hydrogen) atoms. The fourth-order valence-corrected chi connectivity index (χ4v) is 1.06. The third-order valence-corrected chi connectivity index (χ3v) is 1.70. The maximum absolute atomic E-state index is 12.4. The Balaban J connectivity index is 2.78. The predicted octanol–water partition coefficient (Wildman–Crippen LogP) is 2.28. The lowest BCUT2D eigenvalue weighted by molar-refractivity contribution is 0.0849. The Hall–Kier alpha value is -1.00. The van der Waals surface area contributed by atoms with Crippen molar-refractivity contribution in [3.63, 3.8) is 0 Å². The smallest absolute Gasteiger partial charge is 0.264 e. The minimum atomic E-state index is -2.44. The van der Waals surface area contributed by atoms with Crippen LogP contribution in [0.25, 0.3) is 0 Å². The highest BCUT2D eigenvalue weighted by Crippen LogP contribution is 2.22. The van der Waals surface area contributed by atoms with E-state index in [0.29, 0.717) is 5.56 Å². The highest BCUT2D eigenvalue weighted by Gasteiger charge is 2.10. The van der Waals surface area contributed by atoms with Gasteiger partial charge in [0.25, 0.3) is 6.43 Å². The molecule has 1 aromatic carbocycles. The summed E-state index contributed by atoms with van der Waals surface area (Å²) in [5, 5.41) is 0. The third kappa shape index (κ3) is 2.75. The van der Waals surface area contributed by atoms with Crippen molar-refractivity contribution in [2.24, 2.45) is 0 Å². The van der Waals surface area contributed by atoms with Gasteiger partial charge in [-0.25, -0.2) is 8.78 Å². The molecule has 0 atom stereocenters. The van der Waals surface area contributed by atoms with Crippen LogP contribution >= 0.6 is 0 Å². The molecule has 0 saturated carbocycles.